The molecule has 0 aromatic rings. The summed E-state index contributed by atoms with van der Waals surface area (Å²) >= 11 is 0. The van der Waals surface area contributed by atoms with Gasteiger partial charge in [-0.25, -0.2) is 0 Å². The van der Waals surface area contributed by atoms with Crippen molar-refractivity contribution < 1.29 is 0 Å². The van der Waals surface area contributed by atoms with Gasteiger partial charge < -0.3 is 5.32 Å². The number of hydrogen-bond donors (Lipinski definition) is 1. The highest BCUT2D eigenvalue weighted by Gasteiger charge is 2.18. The molecule has 0 aromatic carbocycles. The van der Waals surface area contributed by atoms with Crippen molar-refractivity contribution >= 4 is 0 Å². The molecule has 0 radical (unpaired) electrons. The fourth-order valence-electron chi connectivity index (χ4n) is 2.22. The fourth-order valence-corrected chi connectivity index (χ4v) is 2.22. The molecule has 14 heavy (non-hydrogen) atoms. The molecular formula is C12H20N2. The molecule has 1 unspecified atom stereocenters. The van der Waals surface area contributed by atoms with E-state index in [9.17, 15) is 0 Å². The average Bonchev–Trinajstić information content (AvgIpc) is 2.30. The van der Waals surface area contributed by atoms with Crippen LogP contribution in [-0.4, -0.2) is 37.1 Å². The van der Waals surface area contributed by atoms with Crippen LogP contribution < -0.4 is 5.32 Å². The molecule has 0 bridgehead atoms. The molecule has 78 valence electrons. The van der Waals surface area contributed by atoms with Crippen LogP contribution >= 0.6 is 0 Å². The number of piperazine rings is 1. The number of rotatable bonds is 2. The van der Waals surface area contributed by atoms with E-state index in [2.05, 4.69) is 35.4 Å². The maximum atomic E-state index is 3.39. The van der Waals surface area contributed by atoms with Crippen LogP contribution in [0.1, 0.15) is 19.8 Å². The molecule has 0 saturated carbocycles. The fraction of sp³-hybridized carbons (Fsp3) is 0.667. The third-order valence-corrected chi connectivity index (χ3v) is 3.21. The maximum absolute atomic E-state index is 3.39. The van der Waals surface area contributed by atoms with Crippen molar-refractivity contribution in [3.05, 3.63) is 23.8 Å². The molecule has 1 heterocycles. The van der Waals surface area contributed by atoms with E-state index in [1.54, 1.807) is 0 Å². The van der Waals surface area contributed by atoms with E-state index < -0.39 is 0 Å². The van der Waals surface area contributed by atoms with Crippen LogP contribution in [-0.2, 0) is 0 Å². The lowest BCUT2D eigenvalue weighted by molar-refractivity contribution is 0.207. The van der Waals surface area contributed by atoms with Crippen LogP contribution in [0.3, 0.4) is 0 Å². The smallest absolute Gasteiger partial charge is 0.0317 e. The zero-order valence-electron chi connectivity index (χ0n) is 9.00. The first-order valence-corrected chi connectivity index (χ1v) is 5.69. The second kappa shape index (κ2) is 4.76. The highest BCUT2D eigenvalue weighted by molar-refractivity contribution is 5.27. The van der Waals surface area contributed by atoms with Gasteiger partial charge in [0.05, 0.1) is 0 Å². The zero-order valence-corrected chi connectivity index (χ0v) is 9.00. The third kappa shape index (κ3) is 2.25. The summed E-state index contributed by atoms with van der Waals surface area (Å²) in [5, 5.41) is 3.39. The van der Waals surface area contributed by atoms with Gasteiger partial charge in [0.25, 0.3) is 0 Å². The van der Waals surface area contributed by atoms with Crippen molar-refractivity contribution in [2.75, 3.05) is 26.2 Å². The Labute approximate surface area is 86.7 Å². The molecule has 1 N–H and O–H groups in total. The monoisotopic (exact) mass is 192 g/mol. The Bertz CT molecular complexity index is 237. The Balaban J connectivity index is 1.95. The Morgan fingerprint density at radius 1 is 1.29 bits per heavy atom. The van der Waals surface area contributed by atoms with Crippen molar-refractivity contribution in [1.29, 1.82) is 0 Å². The van der Waals surface area contributed by atoms with E-state index in [1.165, 1.54) is 31.5 Å². The van der Waals surface area contributed by atoms with Crippen molar-refractivity contribution in [2.45, 2.75) is 25.8 Å². The molecular weight excluding hydrogens is 172 g/mol. The maximum Gasteiger partial charge on any atom is 0.0317 e. The quantitative estimate of drug-likeness (QED) is 0.714. The summed E-state index contributed by atoms with van der Waals surface area (Å²) in [4.78, 5) is 2.57. The van der Waals surface area contributed by atoms with Crippen molar-refractivity contribution in [3.8, 4) is 0 Å². The lowest BCUT2D eigenvalue weighted by Gasteiger charge is -2.34. The summed E-state index contributed by atoms with van der Waals surface area (Å²) in [7, 11) is 0. The highest BCUT2D eigenvalue weighted by atomic mass is 15.2. The molecule has 1 aliphatic carbocycles. The molecule has 0 amide bonds. The van der Waals surface area contributed by atoms with Gasteiger partial charge in [0.15, 0.2) is 0 Å². The zero-order chi connectivity index (χ0) is 9.80. The molecule has 0 aromatic heterocycles. The van der Waals surface area contributed by atoms with E-state index in [-0.39, 0.29) is 0 Å². The first-order valence-electron chi connectivity index (χ1n) is 5.69. The van der Waals surface area contributed by atoms with Crippen LogP contribution in [0, 0.1) is 0 Å². The van der Waals surface area contributed by atoms with E-state index >= 15 is 0 Å². The largest absolute Gasteiger partial charge is 0.314 e. The lowest BCUT2D eigenvalue weighted by atomic mass is 10.00. The predicted molar refractivity (Wildman–Crippen MR) is 60.4 cm³/mol. The van der Waals surface area contributed by atoms with Gasteiger partial charge in [-0.2, -0.15) is 0 Å². The van der Waals surface area contributed by atoms with Gasteiger partial charge in [-0.3, -0.25) is 4.90 Å². The molecule has 2 heteroatoms. The average molecular weight is 192 g/mol. The molecule has 2 nitrogen and oxygen atoms in total. The Morgan fingerprint density at radius 2 is 2.07 bits per heavy atom. The van der Waals surface area contributed by atoms with Gasteiger partial charge in [-0.15, -0.1) is 0 Å². The first-order chi connectivity index (χ1) is 6.88. The lowest BCUT2D eigenvalue weighted by Crippen LogP contribution is -2.47. The first kappa shape index (κ1) is 9.94. The molecule has 1 aliphatic heterocycles. The van der Waals surface area contributed by atoms with Crippen LogP contribution in [0.2, 0.25) is 0 Å². The molecule has 1 fully saturated rings. The van der Waals surface area contributed by atoms with Gasteiger partial charge in [-0.05, 0) is 25.3 Å². The number of allylic oxidation sites excluding steroid dienone is 2. The van der Waals surface area contributed by atoms with Crippen LogP contribution in [0.25, 0.3) is 0 Å². The number of nitrogens with zero attached hydrogens (tertiary/aromatic N) is 1. The second-order valence-electron chi connectivity index (χ2n) is 4.15. The summed E-state index contributed by atoms with van der Waals surface area (Å²) in [6.07, 6.45) is 9.44. The predicted octanol–water partition coefficient (Wildman–Crippen LogP) is 1.56. The third-order valence-electron chi connectivity index (χ3n) is 3.21. The number of nitrogens with one attached hydrogen (secondary N) is 1. The molecule has 1 saturated heterocycles. The minimum absolute atomic E-state index is 0.605. The normalized spacial score (nSPS) is 25.9. The van der Waals surface area contributed by atoms with E-state index in [0.717, 1.165) is 13.1 Å². The van der Waals surface area contributed by atoms with Crippen molar-refractivity contribution in [1.82, 2.24) is 10.2 Å². The Morgan fingerprint density at radius 3 is 2.71 bits per heavy atom. The van der Waals surface area contributed by atoms with Crippen LogP contribution in [0.4, 0.5) is 0 Å². The number of hydrogen-bond acceptors (Lipinski definition) is 2. The van der Waals surface area contributed by atoms with E-state index in [4.69, 9.17) is 0 Å². The molecule has 0 spiro atoms. The summed E-state index contributed by atoms with van der Waals surface area (Å²) in [6, 6.07) is 0.605. The van der Waals surface area contributed by atoms with Gasteiger partial charge in [0.1, 0.15) is 0 Å². The molecule has 2 aliphatic rings. The topological polar surface area (TPSA) is 15.3 Å². The van der Waals surface area contributed by atoms with Gasteiger partial charge in [-0.1, -0.05) is 18.2 Å². The standard InChI is InChI=1S/C12H20N2/c1-11(12-5-3-2-4-6-12)14-9-7-13-8-10-14/h3,5-6,11,13H,2,4,7-10H2,1H3. The Kier molecular flexibility index (Phi) is 3.38. The van der Waals surface area contributed by atoms with Crippen molar-refractivity contribution in [3.63, 3.8) is 0 Å². The van der Waals surface area contributed by atoms with Gasteiger partial charge in [0, 0.05) is 32.2 Å². The van der Waals surface area contributed by atoms with Crippen LogP contribution in [0.5, 0.6) is 0 Å². The highest BCUT2D eigenvalue weighted by Crippen LogP contribution is 2.17. The van der Waals surface area contributed by atoms with Gasteiger partial charge >= 0.3 is 0 Å². The molecule has 1 atom stereocenters. The van der Waals surface area contributed by atoms with E-state index in [0.29, 0.717) is 6.04 Å². The van der Waals surface area contributed by atoms with Crippen molar-refractivity contribution in [2.24, 2.45) is 0 Å². The van der Waals surface area contributed by atoms with Crippen LogP contribution in [0.15, 0.2) is 23.8 Å². The summed E-state index contributed by atoms with van der Waals surface area (Å²) in [5.41, 5.74) is 1.51. The van der Waals surface area contributed by atoms with Gasteiger partial charge in [0.2, 0.25) is 0 Å². The SMILES string of the molecule is CC(C1=CCCC=C1)N1CCNCC1. The summed E-state index contributed by atoms with van der Waals surface area (Å²) in [5.74, 6) is 0. The minimum atomic E-state index is 0.605. The Hall–Kier alpha value is -0.600. The second-order valence-corrected chi connectivity index (χ2v) is 4.15. The van der Waals surface area contributed by atoms with E-state index in [1.807, 2.05) is 0 Å². The summed E-state index contributed by atoms with van der Waals surface area (Å²) in [6.45, 7) is 6.98. The minimum Gasteiger partial charge on any atom is -0.314 e. The molecule has 2 rings (SSSR count). The summed E-state index contributed by atoms with van der Waals surface area (Å²) < 4.78 is 0.